The summed E-state index contributed by atoms with van der Waals surface area (Å²) in [5, 5.41) is 10.4. The molecule has 0 saturated carbocycles. The van der Waals surface area contributed by atoms with E-state index in [1.807, 2.05) is 20.8 Å². The van der Waals surface area contributed by atoms with Gasteiger partial charge in [0.25, 0.3) is 0 Å². The van der Waals surface area contributed by atoms with Crippen molar-refractivity contribution in [1.29, 1.82) is 0 Å². The minimum atomic E-state index is -0.244. The van der Waals surface area contributed by atoms with E-state index in [9.17, 15) is 5.21 Å². The Morgan fingerprint density at radius 2 is 1.80 bits per heavy atom. The van der Waals surface area contributed by atoms with E-state index in [4.69, 9.17) is 4.84 Å². The third-order valence-electron chi connectivity index (χ3n) is 1.89. The molecule has 0 radical (unpaired) electrons. The van der Waals surface area contributed by atoms with Gasteiger partial charge in [0.05, 0.1) is 7.05 Å². The molecule has 0 aromatic heterocycles. The van der Waals surface area contributed by atoms with Gasteiger partial charge in [-0.25, -0.2) is 5.23 Å². The molecule has 0 aliphatic carbocycles. The smallest absolute Gasteiger partial charge is 0.124 e. The van der Waals surface area contributed by atoms with Gasteiger partial charge in [-0.05, 0) is 19.8 Å². The second-order valence-electron chi connectivity index (χ2n) is 2.75. The topological polar surface area (TPSA) is 36.7 Å². The first-order chi connectivity index (χ1) is 4.54. The quantitative estimate of drug-likeness (QED) is 0.588. The lowest BCUT2D eigenvalue weighted by molar-refractivity contribution is -1.05. The molecule has 0 bridgehead atoms. The van der Waals surface area contributed by atoms with E-state index in [1.165, 1.54) is 7.05 Å². The van der Waals surface area contributed by atoms with Crippen LogP contribution in [0, 0.1) is 5.21 Å². The van der Waals surface area contributed by atoms with Crippen molar-refractivity contribution < 1.29 is 10.1 Å². The molecule has 0 amide bonds. The molecule has 0 aliphatic heterocycles. The Morgan fingerprint density at radius 1 is 1.40 bits per heavy atom. The SMILES string of the molecule is CCC(C)(CC)O[NH+](C)[O-]. The Bertz CT molecular complexity index is 89.6. The molecule has 0 rings (SSSR count). The van der Waals surface area contributed by atoms with E-state index in [1.54, 1.807) is 0 Å². The van der Waals surface area contributed by atoms with Crippen molar-refractivity contribution in [3.8, 4) is 0 Å². The first-order valence-corrected chi connectivity index (χ1v) is 3.73. The van der Waals surface area contributed by atoms with Crippen molar-refractivity contribution in [1.82, 2.24) is 0 Å². The molecule has 1 N–H and O–H groups in total. The van der Waals surface area contributed by atoms with Crippen LogP contribution in [0.15, 0.2) is 0 Å². The summed E-state index contributed by atoms with van der Waals surface area (Å²) in [4.78, 5) is 5.10. The molecule has 0 aliphatic rings. The minimum Gasteiger partial charge on any atom is -0.600 e. The maximum Gasteiger partial charge on any atom is 0.124 e. The zero-order valence-corrected chi connectivity index (χ0v) is 7.23. The van der Waals surface area contributed by atoms with Crippen molar-refractivity contribution in [2.75, 3.05) is 7.05 Å². The molecule has 0 spiro atoms. The highest BCUT2D eigenvalue weighted by Gasteiger charge is 2.23. The van der Waals surface area contributed by atoms with E-state index in [-0.39, 0.29) is 10.8 Å². The summed E-state index contributed by atoms with van der Waals surface area (Å²) in [7, 11) is 1.45. The van der Waals surface area contributed by atoms with Crippen molar-refractivity contribution >= 4 is 0 Å². The van der Waals surface area contributed by atoms with Gasteiger partial charge in [-0.3, -0.25) is 0 Å². The monoisotopic (exact) mass is 147 g/mol. The van der Waals surface area contributed by atoms with Crippen LogP contribution in [0.4, 0.5) is 0 Å². The third-order valence-corrected chi connectivity index (χ3v) is 1.89. The van der Waals surface area contributed by atoms with Crippen molar-refractivity contribution in [2.24, 2.45) is 0 Å². The standard InChI is InChI=1S/C7H17NO2/c1-5-7(3,6-2)10-8(4)9/h8H,5-6H2,1-4H3. The first kappa shape index (κ1) is 9.88. The highest BCUT2D eigenvalue weighted by Crippen LogP contribution is 2.15. The maximum atomic E-state index is 10.6. The number of hydrogen-bond acceptors (Lipinski definition) is 2. The van der Waals surface area contributed by atoms with Crippen LogP contribution in [-0.2, 0) is 4.84 Å². The summed E-state index contributed by atoms with van der Waals surface area (Å²) in [6.45, 7) is 5.99. The summed E-state index contributed by atoms with van der Waals surface area (Å²) >= 11 is 0. The molecular weight excluding hydrogens is 130 g/mol. The fourth-order valence-electron chi connectivity index (χ4n) is 0.741. The zero-order valence-electron chi connectivity index (χ0n) is 7.23. The van der Waals surface area contributed by atoms with Gasteiger partial charge in [0.2, 0.25) is 0 Å². The molecule has 0 heterocycles. The number of hydroxylamine groups is 2. The summed E-state index contributed by atoms with van der Waals surface area (Å²) < 4.78 is 0. The fraction of sp³-hybridized carbons (Fsp3) is 1.00. The van der Waals surface area contributed by atoms with E-state index in [0.717, 1.165) is 12.8 Å². The van der Waals surface area contributed by atoms with Gasteiger partial charge in [-0.2, -0.15) is 4.84 Å². The molecule has 0 aromatic rings. The van der Waals surface area contributed by atoms with Gasteiger partial charge in [-0.1, -0.05) is 13.8 Å². The number of hydrogen-bond donors (Lipinski definition) is 1. The van der Waals surface area contributed by atoms with Gasteiger partial charge in [0, 0.05) is 0 Å². The molecule has 1 unspecified atom stereocenters. The van der Waals surface area contributed by atoms with E-state index < -0.39 is 0 Å². The second-order valence-corrected chi connectivity index (χ2v) is 2.75. The average molecular weight is 147 g/mol. The van der Waals surface area contributed by atoms with Gasteiger partial charge in [0.1, 0.15) is 5.60 Å². The maximum absolute atomic E-state index is 10.6. The molecule has 3 heteroatoms. The van der Waals surface area contributed by atoms with Gasteiger partial charge >= 0.3 is 0 Å². The minimum absolute atomic E-state index is 0.189. The molecule has 3 nitrogen and oxygen atoms in total. The summed E-state index contributed by atoms with van der Waals surface area (Å²) in [6.07, 6.45) is 1.76. The van der Waals surface area contributed by atoms with E-state index in [0.29, 0.717) is 0 Å². The second kappa shape index (κ2) is 3.91. The van der Waals surface area contributed by atoms with Crippen LogP contribution in [0.5, 0.6) is 0 Å². The van der Waals surface area contributed by atoms with Crippen LogP contribution < -0.4 is 5.23 Å². The summed E-state index contributed by atoms with van der Waals surface area (Å²) in [6, 6.07) is 0. The van der Waals surface area contributed by atoms with Crippen LogP contribution in [0.25, 0.3) is 0 Å². The first-order valence-electron chi connectivity index (χ1n) is 3.73. The number of nitrogens with one attached hydrogen (secondary N) is 1. The molecule has 1 atom stereocenters. The molecule has 0 aromatic carbocycles. The Balaban J connectivity index is 3.80. The van der Waals surface area contributed by atoms with E-state index >= 15 is 0 Å². The molecular formula is C7H17NO2. The summed E-state index contributed by atoms with van der Waals surface area (Å²) in [5.41, 5.74) is -0.244. The lowest BCUT2D eigenvalue weighted by atomic mass is 10.0. The average Bonchev–Trinajstić information content (AvgIpc) is 1.87. The predicted octanol–water partition coefficient (Wildman–Crippen LogP) is 0.509. The largest absolute Gasteiger partial charge is 0.600 e. The van der Waals surface area contributed by atoms with Crippen LogP contribution in [0.2, 0.25) is 0 Å². The van der Waals surface area contributed by atoms with Crippen LogP contribution >= 0.6 is 0 Å². The molecule has 0 saturated heterocycles. The van der Waals surface area contributed by atoms with Crippen LogP contribution in [-0.4, -0.2) is 12.6 Å². The fourth-order valence-corrected chi connectivity index (χ4v) is 0.741. The number of rotatable bonds is 4. The Kier molecular flexibility index (Phi) is 3.86. The van der Waals surface area contributed by atoms with Crippen molar-refractivity contribution in [2.45, 2.75) is 39.2 Å². The Labute approximate surface area is 62.5 Å². The predicted molar refractivity (Wildman–Crippen MR) is 40.3 cm³/mol. The van der Waals surface area contributed by atoms with E-state index in [2.05, 4.69) is 0 Å². The van der Waals surface area contributed by atoms with Crippen molar-refractivity contribution in [3.63, 3.8) is 0 Å². The highest BCUT2D eigenvalue weighted by atomic mass is 16.9. The van der Waals surface area contributed by atoms with Crippen LogP contribution in [0.3, 0.4) is 0 Å². The number of quaternary nitrogens is 1. The van der Waals surface area contributed by atoms with Crippen molar-refractivity contribution in [3.05, 3.63) is 5.21 Å². The molecule has 10 heavy (non-hydrogen) atoms. The lowest BCUT2D eigenvalue weighted by Gasteiger charge is -2.29. The highest BCUT2D eigenvalue weighted by molar-refractivity contribution is 4.67. The zero-order chi connectivity index (χ0) is 8.20. The lowest BCUT2D eigenvalue weighted by Crippen LogP contribution is -3.04. The Hall–Kier alpha value is -0.120. The summed E-state index contributed by atoms with van der Waals surface area (Å²) in [5.74, 6) is 0. The molecule has 0 fully saturated rings. The Morgan fingerprint density at radius 3 is 1.90 bits per heavy atom. The van der Waals surface area contributed by atoms with Gasteiger partial charge < -0.3 is 5.21 Å². The normalized spacial score (nSPS) is 15.3. The van der Waals surface area contributed by atoms with Crippen LogP contribution in [0.1, 0.15) is 33.6 Å². The third kappa shape index (κ3) is 3.15. The van der Waals surface area contributed by atoms with Gasteiger partial charge in [-0.15, -0.1) is 0 Å². The molecule has 62 valence electrons. The van der Waals surface area contributed by atoms with Gasteiger partial charge in [0.15, 0.2) is 0 Å².